The van der Waals surface area contributed by atoms with Crippen LogP contribution in [0.3, 0.4) is 0 Å². The van der Waals surface area contributed by atoms with Gasteiger partial charge in [0.2, 0.25) is 0 Å². The van der Waals surface area contributed by atoms with Crippen molar-refractivity contribution < 1.29 is 4.74 Å². The van der Waals surface area contributed by atoms with E-state index in [0.29, 0.717) is 11.0 Å². The van der Waals surface area contributed by atoms with Crippen molar-refractivity contribution in [3.63, 3.8) is 0 Å². The lowest BCUT2D eigenvalue weighted by atomic mass is 10.0. The SMILES string of the molecule is CCN(C)CCc1cc(C)c(Oc2nc(-c3ccccn3)ns2)cc1C. The van der Waals surface area contributed by atoms with Gasteiger partial charge in [0.1, 0.15) is 11.4 Å². The second kappa shape index (κ2) is 8.38. The lowest BCUT2D eigenvalue weighted by Gasteiger charge is -2.16. The monoisotopic (exact) mass is 368 g/mol. The van der Waals surface area contributed by atoms with E-state index in [1.54, 1.807) is 6.20 Å². The molecule has 0 unspecified atom stereocenters. The third-order valence-electron chi connectivity index (χ3n) is 4.43. The van der Waals surface area contributed by atoms with Crippen molar-refractivity contribution in [2.24, 2.45) is 0 Å². The first kappa shape index (κ1) is 18.5. The Bertz CT molecular complexity index is 864. The van der Waals surface area contributed by atoms with E-state index in [0.717, 1.165) is 36.5 Å². The molecule has 0 saturated carbocycles. The van der Waals surface area contributed by atoms with Gasteiger partial charge in [-0.15, -0.1) is 0 Å². The highest BCUT2D eigenvalue weighted by molar-refractivity contribution is 7.07. The van der Waals surface area contributed by atoms with E-state index in [4.69, 9.17) is 4.74 Å². The van der Waals surface area contributed by atoms with Crippen molar-refractivity contribution in [2.75, 3.05) is 20.1 Å². The molecule has 136 valence electrons. The van der Waals surface area contributed by atoms with E-state index in [2.05, 4.69) is 59.2 Å². The van der Waals surface area contributed by atoms with Gasteiger partial charge in [0, 0.05) is 24.3 Å². The molecule has 0 spiro atoms. The summed E-state index contributed by atoms with van der Waals surface area (Å²) in [4.78, 5) is 11.1. The van der Waals surface area contributed by atoms with Crippen molar-refractivity contribution in [1.82, 2.24) is 19.2 Å². The molecule has 3 rings (SSSR count). The number of hydrogen-bond donors (Lipinski definition) is 0. The van der Waals surface area contributed by atoms with Crippen molar-refractivity contribution in [2.45, 2.75) is 27.2 Å². The number of nitrogens with zero attached hydrogens (tertiary/aromatic N) is 4. The maximum Gasteiger partial charge on any atom is 0.299 e. The second-order valence-corrected chi connectivity index (χ2v) is 7.11. The molecule has 0 N–H and O–H groups in total. The zero-order chi connectivity index (χ0) is 18.5. The van der Waals surface area contributed by atoms with Crippen LogP contribution in [0.5, 0.6) is 10.9 Å². The molecule has 0 fully saturated rings. The summed E-state index contributed by atoms with van der Waals surface area (Å²) in [6.07, 6.45) is 2.78. The molecule has 0 radical (unpaired) electrons. The fraction of sp³-hybridized carbons (Fsp3) is 0.350. The lowest BCUT2D eigenvalue weighted by molar-refractivity contribution is 0.357. The number of hydrogen-bond acceptors (Lipinski definition) is 6. The summed E-state index contributed by atoms with van der Waals surface area (Å²) in [5.74, 6) is 1.43. The first-order valence-electron chi connectivity index (χ1n) is 8.78. The predicted molar refractivity (Wildman–Crippen MR) is 106 cm³/mol. The van der Waals surface area contributed by atoms with Gasteiger partial charge in [0.25, 0.3) is 5.19 Å². The highest BCUT2D eigenvalue weighted by Crippen LogP contribution is 2.30. The van der Waals surface area contributed by atoms with Crippen LogP contribution in [0.15, 0.2) is 36.5 Å². The van der Waals surface area contributed by atoms with Crippen molar-refractivity contribution >= 4 is 11.5 Å². The Morgan fingerprint density at radius 3 is 2.73 bits per heavy atom. The standard InChI is InChI=1S/C20H24N4OS/c1-5-24(4)11-9-16-12-15(3)18(13-14(16)2)25-20-22-19(23-26-20)17-8-6-7-10-21-17/h6-8,10,12-13H,5,9,11H2,1-4H3. The first-order valence-corrected chi connectivity index (χ1v) is 9.55. The molecule has 0 aliphatic rings. The van der Waals surface area contributed by atoms with Crippen molar-refractivity contribution in [3.05, 3.63) is 53.2 Å². The van der Waals surface area contributed by atoms with Gasteiger partial charge < -0.3 is 9.64 Å². The molecule has 1 aromatic carbocycles. The van der Waals surface area contributed by atoms with E-state index in [-0.39, 0.29) is 0 Å². The zero-order valence-electron chi connectivity index (χ0n) is 15.7. The maximum atomic E-state index is 6.00. The van der Waals surface area contributed by atoms with E-state index in [9.17, 15) is 0 Å². The van der Waals surface area contributed by atoms with Gasteiger partial charge in [-0.3, -0.25) is 4.98 Å². The minimum absolute atomic E-state index is 0.534. The van der Waals surface area contributed by atoms with Gasteiger partial charge in [-0.05, 0) is 68.8 Å². The highest BCUT2D eigenvalue weighted by atomic mass is 32.1. The fourth-order valence-corrected chi connectivity index (χ4v) is 3.20. The minimum Gasteiger partial charge on any atom is -0.430 e. The smallest absolute Gasteiger partial charge is 0.299 e. The highest BCUT2D eigenvalue weighted by Gasteiger charge is 2.12. The van der Waals surface area contributed by atoms with Crippen LogP contribution >= 0.6 is 11.5 Å². The van der Waals surface area contributed by atoms with E-state index in [1.807, 2.05) is 18.2 Å². The summed E-state index contributed by atoms with van der Waals surface area (Å²) in [5.41, 5.74) is 4.47. The number of likely N-dealkylation sites (N-methyl/N-ethyl adjacent to an activating group) is 1. The Morgan fingerprint density at radius 1 is 1.15 bits per heavy atom. The molecule has 3 aromatic rings. The van der Waals surface area contributed by atoms with Crippen LogP contribution in [0, 0.1) is 13.8 Å². The number of benzene rings is 1. The van der Waals surface area contributed by atoms with Crippen molar-refractivity contribution in [3.8, 4) is 22.5 Å². The molecule has 0 aliphatic carbocycles. The third kappa shape index (κ3) is 4.45. The number of aryl methyl sites for hydroxylation is 2. The summed E-state index contributed by atoms with van der Waals surface area (Å²) in [5, 5.41) is 0.534. The molecule has 0 atom stereocenters. The average molecular weight is 369 g/mol. The van der Waals surface area contributed by atoms with Crippen LogP contribution in [0.4, 0.5) is 0 Å². The largest absolute Gasteiger partial charge is 0.430 e. The minimum atomic E-state index is 0.534. The lowest BCUT2D eigenvalue weighted by Crippen LogP contribution is -2.20. The quantitative estimate of drug-likeness (QED) is 0.614. The molecule has 6 heteroatoms. The zero-order valence-corrected chi connectivity index (χ0v) is 16.5. The number of aromatic nitrogens is 3. The summed E-state index contributed by atoms with van der Waals surface area (Å²) in [7, 11) is 2.15. The molecule has 2 aromatic heterocycles. The summed E-state index contributed by atoms with van der Waals surface area (Å²) in [6, 6.07) is 10.0. The Hall–Kier alpha value is -2.31. The van der Waals surface area contributed by atoms with Crippen LogP contribution in [-0.4, -0.2) is 39.4 Å². The first-order chi connectivity index (χ1) is 12.6. The fourth-order valence-electron chi connectivity index (χ4n) is 2.64. The third-order valence-corrected chi connectivity index (χ3v) is 5.03. The number of ether oxygens (including phenoxy) is 1. The normalized spacial score (nSPS) is 11.1. The Kier molecular flexibility index (Phi) is 5.96. The van der Waals surface area contributed by atoms with E-state index in [1.165, 1.54) is 22.7 Å². The molecule has 2 heterocycles. The Morgan fingerprint density at radius 2 is 2.00 bits per heavy atom. The van der Waals surface area contributed by atoms with Crippen molar-refractivity contribution in [1.29, 1.82) is 0 Å². The van der Waals surface area contributed by atoms with Crippen LogP contribution in [0.1, 0.15) is 23.6 Å². The van der Waals surface area contributed by atoms with Gasteiger partial charge in [-0.1, -0.05) is 19.1 Å². The summed E-state index contributed by atoms with van der Waals surface area (Å²) >= 11 is 1.25. The second-order valence-electron chi connectivity index (χ2n) is 6.39. The van der Waals surface area contributed by atoms with Gasteiger partial charge >= 0.3 is 0 Å². The van der Waals surface area contributed by atoms with Crippen LogP contribution in [-0.2, 0) is 6.42 Å². The van der Waals surface area contributed by atoms with E-state index < -0.39 is 0 Å². The average Bonchev–Trinajstić information content (AvgIpc) is 3.12. The molecule has 26 heavy (non-hydrogen) atoms. The van der Waals surface area contributed by atoms with Gasteiger partial charge in [0.15, 0.2) is 5.82 Å². The molecule has 0 bridgehead atoms. The van der Waals surface area contributed by atoms with Gasteiger partial charge in [-0.2, -0.15) is 9.36 Å². The van der Waals surface area contributed by atoms with Crippen LogP contribution < -0.4 is 4.74 Å². The van der Waals surface area contributed by atoms with Crippen LogP contribution in [0.25, 0.3) is 11.5 Å². The molecule has 0 saturated heterocycles. The topological polar surface area (TPSA) is 51.1 Å². The summed E-state index contributed by atoms with van der Waals surface area (Å²) in [6.45, 7) is 8.50. The number of rotatable bonds is 7. The molecular weight excluding hydrogens is 344 g/mol. The van der Waals surface area contributed by atoms with Crippen LogP contribution in [0.2, 0.25) is 0 Å². The molecule has 0 amide bonds. The maximum absolute atomic E-state index is 6.00. The van der Waals surface area contributed by atoms with E-state index >= 15 is 0 Å². The summed E-state index contributed by atoms with van der Waals surface area (Å²) < 4.78 is 10.3. The molecular formula is C20H24N4OS. The Balaban J connectivity index is 1.74. The molecule has 5 nitrogen and oxygen atoms in total. The molecule has 0 aliphatic heterocycles. The number of pyridine rings is 1. The van der Waals surface area contributed by atoms with Gasteiger partial charge in [0.05, 0.1) is 0 Å². The predicted octanol–water partition coefficient (Wildman–Crippen LogP) is 4.50. The Labute approximate surface area is 158 Å². The van der Waals surface area contributed by atoms with Gasteiger partial charge in [-0.25, -0.2) is 0 Å².